The summed E-state index contributed by atoms with van der Waals surface area (Å²) in [7, 11) is 3.04. The van der Waals surface area contributed by atoms with Gasteiger partial charge in [0.05, 0.1) is 25.2 Å². The van der Waals surface area contributed by atoms with Gasteiger partial charge >= 0.3 is 5.97 Å². The number of aryl methyl sites for hydroxylation is 1. The van der Waals surface area contributed by atoms with Crippen LogP contribution in [0.1, 0.15) is 39.7 Å². The Labute approximate surface area is 223 Å². The zero-order valence-corrected chi connectivity index (χ0v) is 21.6. The first-order chi connectivity index (χ1) is 17.7. The van der Waals surface area contributed by atoms with E-state index in [1.165, 1.54) is 26.5 Å². The van der Waals surface area contributed by atoms with E-state index in [2.05, 4.69) is 26.8 Å². The molecule has 0 atom stereocenters. The summed E-state index contributed by atoms with van der Waals surface area (Å²) in [6.45, 7) is 2.25. The van der Waals surface area contributed by atoms with Crippen LogP contribution in [0.3, 0.4) is 0 Å². The number of aromatic nitrogens is 4. The lowest BCUT2D eigenvalue weighted by atomic mass is 10.0. The molecule has 5 N–H and O–H groups in total. The van der Waals surface area contributed by atoms with Gasteiger partial charge in [-0.25, -0.2) is 14.8 Å². The van der Waals surface area contributed by atoms with Crippen molar-refractivity contribution in [3.63, 3.8) is 0 Å². The molecule has 4 aromatic rings. The molecule has 0 aliphatic rings. The topological polar surface area (TPSA) is 168 Å². The number of fused-ring (bicyclic) bond motifs is 1. The monoisotopic (exact) mass is 536 g/mol. The van der Waals surface area contributed by atoms with Crippen LogP contribution in [0.25, 0.3) is 11.0 Å². The number of methoxy groups -OCH3 is 2. The molecule has 1 aromatic carbocycles. The molecule has 0 amide bonds. The number of hydrogen-bond acceptors (Lipinski definition) is 9. The number of nitrogen functional groups attached to an aromatic ring is 2. The molecular formula is C26H25ClN6O5. The highest BCUT2D eigenvalue weighted by Crippen LogP contribution is 2.33. The first-order valence-electron chi connectivity index (χ1n) is 11.2. The summed E-state index contributed by atoms with van der Waals surface area (Å²) in [6, 6.07) is 6.76. The maximum Gasteiger partial charge on any atom is 0.341 e. The second-order valence-corrected chi connectivity index (χ2v) is 7.98. The van der Waals surface area contributed by atoms with Gasteiger partial charge in [0.2, 0.25) is 11.4 Å². The van der Waals surface area contributed by atoms with Crippen molar-refractivity contribution in [2.75, 3.05) is 25.7 Å². The molecule has 0 aliphatic carbocycles. The number of carbonyl (C=O) groups is 1. The van der Waals surface area contributed by atoms with Crippen molar-refractivity contribution in [2.45, 2.75) is 19.9 Å². The van der Waals surface area contributed by atoms with E-state index in [9.17, 15) is 14.7 Å². The number of hydrogen-bond donors (Lipinski definition) is 3. The lowest BCUT2D eigenvalue weighted by Gasteiger charge is -2.13. The Morgan fingerprint density at radius 3 is 2.53 bits per heavy atom. The third-order valence-electron chi connectivity index (χ3n) is 5.67. The van der Waals surface area contributed by atoms with Crippen LogP contribution in [0, 0.1) is 11.8 Å². The molecule has 0 unspecified atom stereocenters. The summed E-state index contributed by atoms with van der Waals surface area (Å²) < 4.78 is 12.7. The van der Waals surface area contributed by atoms with Crippen molar-refractivity contribution >= 4 is 41.2 Å². The number of rotatable bonds is 6. The Kier molecular flexibility index (Phi) is 8.39. The zero-order chi connectivity index (χ0) is 26.7. The largest absolute Gasteiger partial charge is 0.493 e. The van der Waals surface area contributed by atoms with Crippen LogP contribution in [0.2, 0.25) is 0 Å². The Morgan fingerprint density at radius 1 is 1.13 bits per heavy atom. The number of anilines is 2. The number of pyridine rings is 2. The number of nitrogens with two attached hydrogens (primary N) is 2. The summed E-state index contributed by atoms with van der Waals surface area (Å²) >= 11 is 0. The highest BCUT2D eigenvalue weighted by atomic mass is 35.5. The highest BCUT2D eigenvalue weighted by Gasteiger charge is 2.16. The first kappa shape index (κ1) is 27.8. The van der Waals surface area contributed by atoms with Crippen LogP contribution in [-0.4, -0.2) is 44.8 Å². The number of aromatic carboxylic acids is 1. The van der Waals surface area contributed by atoms with Crippen LogP contribution in [-0.2, 0) is 13.0 Å². The van der Waals surface area contributed by atoms with E-state index in [0.29, 0.717) is 46.9 Å². The third kappa shape index (κ3) is 5.45. The normalized spacial score (nSPS) is 10.3. The second-order valence-electron chi connectivity index (χ2n) is 7.98. The Bertz CT molecular complexity index is 1660. The lowest BCUT2D eigenvalue weighted by molar-refractivity contribution is 0.0695. The molecule has 0 aliphatic heterocycles. The van der Waals surface area contributed by atoms with Crippen molar-refractivity contribution in [3.05, 3.63) is 74.8 Å². The zero-order valence-electron chi connectivity index (χ0n) is 20.8. The first-order valence-corrected chi connectivity index (χ1v) is 11.2. The second kappa shape index (κ2) is 11.5. The van der Waals surface area contributed by atoms with Gasteiger partial charge in [-0.3, -0.25) is 4.79 Å². The van der Waals surface area contributed by atoms with Crippen LogP contribution in [0.4, 0.5) is 11.8 Å². The van der Waals surface area contributed by atoms with Gasteiger partial charge < -0.3 is 30.6 Å². The van der Waals surface area contributed by atoms with Gasteiger partial charge in [0.1, 0.15) is 22.7 Å². The van der Waals surface area contributed by atoms with Crippen molar-refractivity contribution in [1.82, 2.24) is 19.5 Å². The van der Waals surface area contributed by atoms with Crippen molar-refractivity contribution < 1.29 is 19.4 Å². The summed E-state index contributed by atoms with van der Waals surface area (Å²) in [6.07, 6.45) is 3.27. The lowest BCUT2D eigenvalue weighted by Crippen LogP contribution is -2.19. The number of ether oxygens (including phenoxy) is 2. The SMILES string of the molecule is CCn1cc(C(=O)O)c(=O)c2ccc(C#Cc3cc(Cc4cnc(N)nc4N)cc(OC)c3OC)nc21.Cl. The van der Waals surface area contributed by atoms with E-state index in [4.69, 9.17) is 20.9 Å². The fraction of sp³-hybridized carbons (Fsp3) is 0.192. The van der Waals surface area contributed by atoms with Gasteiger partial charge in [0.25, 0.3) is 0 Å². The molecular weight excluding hydrogens is 512 g/mol. The molecule has 4 rings (SSSR count). The Balaban J connectivity index is 0.00000400. The maximum absolute atomic E-state index is 12.6. The van der Waals surface area contributed by atoms with Gasteiger partial charge in [-0.15, -0.1) is 12.4 Å². The minimum absolute atomic E-state index is 0. The van der Waals surface area contributed by atoms with Gasteiger partial charge in [0.15, 0.2) is 11.5 Å². The highest BCUT2D eigenvalue weighted by molar-refractivity contribution is 5.91. The summed E-state index contributed by atoms with van der Waals surface area (Å²) in [4.78, 5) is 36.6. The molecule has 3 heterocycles. The number of carboxylic acid groups (broad SMARTS) is 1. The van der Waals surface area contributed by atoms with Gasteiger partial charge in [-0.05, 0) is 42.7 Å². The van der Waals surface area contributed by atoms with Crippen LogP contribution in [0.15, 0.2) is 41.5 Å². The fourth-order valence-electron chi connectivity index (χ4n) is 3.87. The Hall–Kier alpha value is -4.82. The molecule has 0 saturated heterocycles. The van der Waals surface area contributed by atoms with Gasteiger partial charge in [-0.1, -0.05) is 5.92 Å². The van der Waals surface area contributed by atoms with E-state index < -0.39 is 11.4 Å². The predicted molar refractivity (Wildman–Crippen MR) is 145 cm³/mol. The van der Waals surface area contributed by atoms with E-state index in [-0.39, 0.29) is 35.1 Å². The third-order valence-corrected chi connectivity index (χ3v) is 5.67. The molecule has 3 aromatic heterocycles. The van der Waals surface area contributed by atoms with E-state index in [1.807, 2.05) is 19.1 Å². The standard InChI is InChI=1S/C26H24N6O5.ClH/c1-4-32-13-19(25(34)35)21(33)18-8-7-17(30-24(18)32)6-5-15-9-14(11-20(36-2)22(15)37-3)10-16-12-29-26(28)31-23(16)27;/h7-9,11-13H,4,10H2,1-3H3,(H,34,35)(H4,27,28,29,31);1H. The van der Waals surface area contributed by atoms with E-state index in [0.717, 1.165) is 5.56 Å². The van der Waals surface area contributed by atoms with Crippen LogP contribution < -0.4 is 26.4 Å². The molecule has 0 bridgehead atoms. The molecule has 196 valence electrons. The summed E-state index contributed by atoms with van der Waals surface area (Å²) in [5.41, 5.74) is 13.5. The summed E-state index contributed by atoms with van der Waals surface area (Å²) in [5, 5.41) is 9.55. The van der Waals surface area contributed by atoms with Gasteiger partial charge in [0, 0.05) is 30.9 Å². The molecule has 0 spiro atoms. The number of nitrogens with zero attached hydrogens (tertiary/aromatic N) is 4. The maximum atomic E-state index is 12.6. The minimum Gasteiger partial charge on any atom is -0.493 e. The molecule has 12 heteroatoms. The molecule has 0 saturated carbocycles. The fourth-order valence-corrected chi connectivity index (χ4v) is 3.87. The van der Waals surface area contributed by atoms with Crippen molar-refractivity contribution in [1.29, 1.82) is 0 Å². The Morgan fingerprint density at radius 2 is 1.89 bits per heavy atom. The quantitative estimate of drug-likeness (QED) is 0.311. The van der Waals surface area contributed by atoms with Gasteiger partial charge in [-0.2, -0.15) is 4.98 Å². The van der Waals surface area contributed by atoms with Crippen molar-refractivity contribution in [3.8, 4) is 23.3 Å². The van der Waals surface area contributed by atoms with Crippen molar-refractivity contribution in [2.24, 2.45) is 0 Å². The average molecular weight is 537 g/mol. The van der Waals surface area contributed by atoms with Crippen LogP contribution in [0.5, 0.6) is 11.5 Å². The molecule has 11 nitrogen and oxygen atoms in total. The molecule has 0 fully saturated rings. The average Bonchev–Trinajstić information content (AvgIpc) is 2.88. The number of halogens is 1. The summed E-state index contributed by atoms with van der Waals surface area (Å²) in [5.74, 6) is 6.08. The number of benzene rings is 1. The minimum atomic E-state index is -1.29. The number of carboxylic acids is 1. The predicted octanol–water partition coefficient (Wildman–Crippen LogP) is 2.50. The van der Waals surface area contributed by atoms with E-state index in [1.54, 1.807) is 16.8 Å². The molecule has 0 radical (unpaired) electrons. The van der Waals surface area contributed by atoms with Crippen LogP contribution >= 0.6 is 12.4 Å². The van der Waals surface area contributed by atoms with E-state index >= 15 is 0 Å². The smallest absolute Gasteiger partial charge is 0.341 e. The molecule has 38 heavy (non-hydrogen) atoms.